The molecule has 182 valence electrons. The highest BCUT2D eigenvalue weighted by Crippen LogP contribution is 2.44. The van der Waals surface area contributed by atoms with E-state index in [2.05, 4.69) is 58.8 Å². The van der Waals surface area contributed by atoms with Gasteiger partial charge in [-0.15, -0.1) is 0 Å². The lowest BCUT2D eigenvalue weighted by Crippen LogP contribution is -2.29. The van der Waals surface area contributed by atoms with Crippen molar-refractivity contribution in [3.8, 4) is 22.5 Å². The van der Waals surface area contributed by atoms with Crippen LogP contribution in [0.3, 0.4) is 0 Å². The van der Waals surface area contributed by atoms with Gasteiger partial charge in [0.05, 0.1) is 22.9 Å². The number of rotatable bonds is 3. The second-order valence-electron chi connectivity index (χ2n) is 9.26. The molecule has 7 rings (SSSR count). The van der Waals surface area contributed by atoms with Gasteiger partial charge >= 0.3 is 0 Å². The van der Waals surface area contributed by atoms with Gasteiger partial charge in [0, 0.05) is 50.1 Å². The van der Waals surface area contributed by atoms with Gasteiger partial charge in [0.1, 0.15) is 11.6 Å². The van der Waals surface area contributed by atoms with Crippen LogP contribution in [-0.2, 0) is 0 Å². The molecular weight excluding hydrogens is 490 g/mol. The van der Waals surface area contributed by atoms with E-state index in [1.165, 1.54) is 0 Å². The molecule has 1 aliphatic heterocycles. The van der Waals surface area contributed by atoms with Crippen molar-refractivity contribution >= 4 is 50.5 Å². The molecule has 0 radical (unpaired) electrons. The van der Waals surface area contributed by atoms with E-state index in [1.807, 2.05) is 71.9 Å². The van der Waals surface area contributed by atoms with E-state index >= 15 is 0 Å². The third kappa shape index (κ3) is 3.48. The molecular formula is C32H22ClN5. The Kier molecular flexibility index (Phi) is 5.06. The van der Waals surface area contributed by atoms with Crippen LogP contribution in [0.15, 0.2) is 116 Å². The molecule has 2 N–H and O–H groups in total. The van der Waals surface area contributed by atoms with Crippen LogP contribution in [0.1, 0.15) is 5.56 Å². The van der Waals surface area contributed by atoms with Crippen LogP contribution >= 0.6 is 11.6 Å². The summed E-state index contributed by atoms with van der Waals surface area (Å²) in [7, 11) is 0. The van der Waals surface area contributed by atoms with Gasteiger partial charge in [0.25, 0.3) is 0 Å². The molecule has 0 unspecified atom stereocenters. The number of pyridine rings is 1. The number of nitrogens with zero attached hydrogens (tertiary/aromatic N) is 3. The van der Waals surface area contributed by atoms with Crippen molar-refractivity contribution in [1.29, 1.82) is 0 Å². The maximum atomic E-state index is 6.80. The Morgan fingerprint density at radius 1 is 0.816 bits per heavy atom. The molecule has 0 saturated heterocycles. The number of nitrogens with one attached hydrogen (secondary N) is 2. The lowest BCUT2D eigenvalue weighted by Gasteiger charge is -2.35. The molecule has 0 spiro atoms. The quantitative estimate of drug-likeness (QED) is 0.250. The second-order valence-corrected chi connectivity index (χ2v) is 9.67. The monoisotopic (exact) mass is 511 g/mol. The fraction of sp³-hybridized carbons (Fsp3) is 0. The summed E-state index contributed by atoms with van der Waals surface area (Å²) in [4.78, 5) is 14.7. The molecule has 0 saturated carbocycles. The molecule has 0 atom stereocenters. The third-order valence-corrected chi connectivity index (χ3v) is 7.30. The van der Waals surface area contributed by atoms with E-state index in [-0.39, 0.29) is 0 Å². The van der Waals surface area contributed by atoms with E-state index in [4.69, 9.17) is 16.6 Å². The predicted octanol–water partition coefficient (Wildman–Crippen LogP) is 8.47. The molecule has 0 fully saturated rings. The zero-order chi connectivity index (χ0) is 25.8. The predicted molar refractivity (Wildman–Crippen MR) is 158 cm³/mol. The summed E-state index contributed by atoms with van der Waals surface area (Å²) in [5, 5.41) is 6.28. The minimum Gasteiger partial charge on any atom is -0.341 e. The summed E-state index contributed by atoms with van der Waals surface area (Å²) in [5.74, 6) is 1.48. The number of aromatic amines is 1. The summed E-state index contributed by atoms with van der Waals surface area (Å²) in [6, 6.07) is 28.3. The number of benzene rings is 4. The van der Waals surface area contributed by atoms with E-state index in [9.17, 15) is 0 Å². The molecule has 38 heavy (non-hydrogen) atoms. The SMILES string of the molecule is C=C1Nc2cc(-c3c(Cl)cccc3-c3nc4ccccc4[nH]3)ccc2C(=C)N1c1cncc2ccccc12. The number of para-hydroxylation sites is 2. The van der Waals surface area contributed by atoms with Crippen molar-refractivity contribution in [3.05, 3.63) is 127 Å². The van der Waals surface area contributed by atoms with Crippen LogP contribution in [0.4, 0.5) is 11.4 Å². The van der Waals surface area contributed by atoms with Gasteiger partial charge in [-0.25, -0.2) is 4.98 Å². The highest BCUT2D eigenvalue weighted by atomic mass is 35.5. The fourth-order valence-corrected chi connectivity index (χ4v) is 5.50. The molecule has 4 aromatic carbocycles. The summed E-state index contributed by atoms with van der Waals surface area (Å²) in [6.07, 6.45) is 3.72. The molecule has 6 aromatic rings. The van der Waals surface area contributed by atoms with Crippen LogP contribution in [0.2, 0.25) is 5.02 Å². The van der Waals surface area contributed by atoms with E-state index in [0.717, 1.165) is 67.0 Å². The van der Waals surface area contributed by atoms with Crippen LogP contribution in [0.25, 0.3) is 50.0 Å². The first-order chi connectivity index (χ1) is 18.6. The summed E-state index contributed by atoms with van der Waals surface area (Å²) in [5.41, 5.74) is 8.36. The Morgan fingerprint density at radius 2 is 1.66 bits per heavy atom. The van der Waals surface area contributed by atoms with E-state index in [1.54, 1.807) is 0 Å². The number of anilines is 2. The highest BCUT2D eigenvalue weighted by molar-refractivity contribution is 6.34. The second kappa shape index (κ2) is 8.61. The first-order valence-electron chi connectivity index (χ1n) is 12.2. The fourth-order valence-electron chi connectivity index (χ4n) is 5.21. The van der Waals surface area contributed by atoms with Gasteiger partial charge in [-0.2, -0.15) is 0 Å². The van der Waals surface area contributed by atoms with Crippen LogP contribution in [0, 0.1) is 0 Å². The average Bonchev–Trinajstić information content (AvgIpc) is 3.37. The largest absolute Gasteiger partial charge is 0.341 e. The number of aromatic nitrogens is 3. The number of fused-ring (bicyclic) bond motifs is 3. The topological polar surface area (TPSA) is 56.8 Å². The zero-order valence-corrected chi connectivity index (χ0v) is 21.1. The molecule has 2 aromatic heterocycles. The molecule has 1 aliphatic rings. The maximum Gasteiger partial charge on any atom is 0.139 e. The third-order valence-electron chi connectivity index (χ3n) is 6.98. The van der Waals surface area contributed by atoms with Gasteiger partial charge in [0.15, 0.2) is 0 Å². The average molecular weight is 512 g/mol. The Balaban J connectivity index is 1.33. The standard InChI is InChI=1S/C32H22ClN5/c1-19-23-15-14-21(31-25(10-7-11-26(31)33)32-36-27-12-5-6-13-28(27)37-32)16-29(23)35-20(2)38(19)30-18-34-17-22-8-3-4-9-24(22)30/h3-18,35H,1-2H2,(H,36,37). The van der Waals surface area contributed by atoms with Gasteiger partial charge < -0.3 is 10.3 Å². The van der Waals surface area contributed by atoms with Gasteiger partial charge in [-0.05, 0) is 29.8 Å². The number of hydrogen-bond acceptors (Lipinski definition) is 4. The molecule has 0 amide bonds. The Bertz CT molecular complexity index is 1880. The molecule has 6 heteroatoms. The van der Waals surface area contributed by atoms with Crippen LogP contribution in [-0.4, -0.2) is 15.0 Å². The van der Waals surface area contributed by atoms with Crippen molar-refractivity contribution in [3.63, 3.8) is 0 Å². The summed E-state index contributed by atoms with van der Waals surface area (Å²) < 4.78 is 0. The number of H-pyrrole nitrogens is 1. The summed E-state index contributed by atoms with van der Waals surface area (Å²) >= 11 is 6.80. The maximum absolute atomic E-state index is 6.80. The molecule has 5 nitrogen and oxygen atoms in total. The van der Waals surface area contributed by atoms with Crippen molar-refractivity contribution in [2.75, 3.05) is 10.2 Å². The number of halogens is 1. The molecule has 0 bridgehead atoms. The Labute approximate surface area is 224 Å². The minimum atomic E-state index is 0.653. The smallest absolute Gasteiger partial charge is 0.139 e. The number of imidazole rings is 1. The van der Waals surface area contributed by atoms with Crippen molar-refractivity contribution in [2.45, 2.75) is 0 Å². The highest BCUT2D eigenvalue weighted by Gasteiger charge is 2.26. The van der Waals surface area contributed by atoms with Crippen molar-refractivity contribution in [1.82, 2.24) is 15.0 Å². The Morgan fingerprint density at radius 3 is 2.55 bits per heavy atom. The zero-order valence-electron chi connectivity index (χ0n) is 20.4. The summed E-state index contributed by atoms with van der Waals surface area (Å²) in [6.45, 7) is 8.76. The first-order valence-corrected chi connectivity index (χ1v) is 12.6. The van der Waals surface area contributed by atoms with Crippen LogP contribution in [0.5, 0.6) is 0 Å². The lowest BCUT2D eigenvalue weighted by atomic mass is 9.95. The van der Waals surface area contributed by atoms with E-state index < -0.39 is 0 Å². The van der Waals surface area contributed by atoms with Crippen molar-refractivity contribution < 1.29 is 0 Å². The van der Waals surface area contributed by atoms with Gasteiger partial charge in [-0.3, -0.25) is 9.88 Å². The van der Waals surface area contributed by atoms with E-state index in [0.29, 0.717) is 10.8 Å². The lowest BCUT2D eigenvalue weighted by molar-refractivity contribution is 1.14. The van der Waals surface area contributed by atoms with Gasteiger partial charge in [-0.1, -0.05) is 85.4 Å². The van der Waals surface area contributed by atoms with Gasteiger partial charge in [0.2, 0.25) is 0 Å². The Hall–Kier alpha value is -4.87. The first kappa shape index (κ1) is 22.3. The van der Waals surface area contributed by atoms with Crippen LogP contribution < -0.4 is 10.2 Å². The minimum absolute atomic E-state index is 0.653. The normalized spacial score (nSPS) is 13.1. The molecule has 0 aliphatic carbocycles. The molecule has 3 heterocycles. The number of hydrogen-bond donors (Lipinski definition) is 2. The van der Waals surface area contributed by atoms with Crippen molar-refractivity contribution in [2.24, 2.45) is 0 Å².